The molecule has 9 atom stereocenters. The number of aryl methyl sites for hydroxylation is 2. The molecule has 3 aromatic rings. The molecule has 2 aliphatic heterocycles. The summed E-state index contributed by atoms with van der Waals surface area (Å²) in [6, 6.07) is 15.0. The van der Waals surface area contributed by atoms with E-state index in [2.05, 4.69) is 54.7 Å². The standard InChI is InChI=1S/C56H78N10O7/c1-32(57-9)48(67)63-46(55(3,4)5)52(71)65-30-37-27-38(26-25-36(37)28-44(65)50(69)61-42-23-15-19-34-17-11-13-21-40(34)42)59-54(73)60-39-29-45(51(70)62-43-24-16-20-35-18-12-14-22-41(35)43)66(31-39)53(72)47(56(6,7)8)64-49(68)33(2)58-10/h11-14,17-18,21-22,25-27,32-33,39,42-47,57-58H,15-16,19-20,23-24,28-31H2,1-10H3,(H,61,69)(H,62,70)(H,63,67)(H,64,68)(H2,59,60,73)/t32-,33-,39-,42?,43?,44?,45?,46?,47?/m0/s1. The van der Waals surface area contributed by atoms with Gasteiger partial charge in [-0.2, -0.15) is 0 Å². The van der Waals surface area contributed by atoms with Gasteiger partial charge in [0.15, 0.2) is 0 Å². The van der Waals surface area contributed by atoms with Gasteiger partial charge in [-0.3, -0.25) is 28.8 Å². The highest BCUT2D eigenvalue weighted by Gasteiger charge is 2.47. The topological polar surface area (TPSA) is 222 Å². The van der Waals surface area contributed by atoms with Gasteiger partial charge < -0.3 is 52.3 Å². The maximum absolute atomic E-state index is 14.9. The van der Waals surface area contributed by atoms with E-state index >= 15 is 0 Å². The first-order chi connectivity index (χ1) is 34.6. The second-order valence-electron chi connectivity index (χ2n) is 22.6. The molecule has 0 bridgehead atoms. The van der Waals surface area contributed by atoms with E-state index in [9.17, 15) is 33.6 Å². The van der Waals surface area contributed by atoms with E-state index < -0.39 is 71.0 Å². The van der Waals surface area contributed by atoms with Gasteiger partial charge in [-0.15, -0.1) is 0 Å². The number of benzene rings is 3. The number of nitrogens with one attached hydrogen (secondary N) is 8. The Balaban J connectivity index is 1.12. The average molecular weight is 1000 g/mol. The van der Waals surface area contributed by atoms with Crippen molar-refractivity contribution in [2.24, 2.45) is 10.8 Å². The van der Waals surface area contributed by atoms with Crippen molar-refractivity contribution in [3.63, 3.8) is 0 Å². The third-order valence-electron chi connectivity index (χ3n) is 15.2. The Morgan fingerprint density at radius 1 is 0.589 bits per heavy atom. The van der Waals surface area contributed by atoms with E-state index in [0.29, 0.717) is 5.69 Å². The number of hydrogen-bond donors (Lipinski definition) is 8. The zero-order chi connectivity index (χ0) is 52.9. The SMILES string of the molecule is CN[C@@H](C)C(=O)NC(C(=O)N1Cc2cc(NC(=O)N[C@H]3CC(C(=O)NC4CCCc5ccccc54)N(C(=O)C(NC(=O)[C@H](C)NC)C(C)(C)C)C3)ccc2CC1C(=O)NC1CCCc2ccccc21)C(C)(C)C. The molecule has 8 amide bonds. The third kappa shape index (κ3) is 12.7. The predicted molar refractivity (Wildman–Crippen MR) is 281 cm³/mol. The minimum Gasteiger partial charge on any atom is -0.347 e. The molecule has 7 rings (SSSR count). The molecular weight excluding hydrogens is 925 g/mol. The fourth-order valence-corrected chi connectivity index (χ4v) is 10.7. The lowest BCUT2D eigenvalue weighted by Crippen LogP contribution is -2.62. The van der Waals surface area contributed by atoms with Crippen LogP contribution in [-0.2, 0) is 54.6 Å². The first kappa shape index (κ1) is 54.4. The van der Waals surface area contributed by atoms with Crippen LogP contribution in [0.2, 0.25) is 0 Å². The molecule has 1 saturated heterocycles. The zero-order valence-electron chi connectivity index (χ0n) is 44.4. The summed E-state index contributed by atoms with van der Waals surface area (Å²) in [6.45, 7) is 14.7. The van der Waals surface area contributed by atoms with Crippen molar-refractivity contribution in [1.29, 1.82) is 0 Å². The largest absolute Gasteiger partial charge is 0.347 e. The Morgan fingerprint density at radius 3 is 1.59 bits per heavy atom. The van der Waals surface area contributed by atoms with Gasteiger partial charge in [-0.25, -0.2) is 4.79 Å². The van der Waals surface area contributed by atoms with Gasteiger partial charge >= 0.3 is 6.03 Å². The van der Waals surface area contributed by atoms with Gasteiger partial charge in [0.25, 0.3) is 0 Å². The maximum atomic E-state index is 14.9. The molecule has 8 N–H and O–H groups in total. The lowest BCUT2D eigenvalue weighted by molar-refractivity contribution is -0.147. The Labute approximate surface area is 430 Å². The van der Waals surface area contributed by atoms with Crippen LogP contribution >= 0.6 is 0 Å². The van der Waals surface area contributed by atoms with Crippen molar-refractivity contribution in [1.82, 2.24) is 47.0 Å². The first-order valence-corrected chi connectivity index (χ1v) is 26.1. The van der Waals surface area contributed by atoms with Gasteiger partial charge in [0.05, 0.1) is 30.2 Å². The Bertz CT molecular complexity index is 2550. The predicted octanol–water partition coefficient (Wildman–Crippen LogP) is 4.70. The van der Waals surface area contributed by atoms with Crippen molar-refractivity contribution >= 4 is 47.2 Å². The molecule has 0 saturated carbocycles. The van der Waals surface area contributed by atoms with Crippen LogP contribution in [0.4, 0.5) is 10.5 Å². The molecule has 0 aromatic heterocycles. The molecule has 1 fully saturated rings. The molecule has 4 aliphatic rings. The second-order valence-corrected chi connectivity index (χ2v) is 22.6. The Morgan fingerprint density at radius 2 is 1.08 bits per heavy atom. The number of carbonyl (C=O) groups excluding carboxylic acids is 7. The summed E-state index contributed by atoms with van der Waals surface area (Å²) in [5.41, 5.74) is 5.04. The number of urea groups is 1. The number of likely N-dealkylation sites (N-methyl/N-ethyl adjacent to an activating group) is 2. The molecular formula is C56H78N10O7. The molecule has 17 nitrogen and oxygen atoms in total. The molecule has 0 radical (unpaired) electrons. The highest BCUT2D eigenvalue weighted by molar-refractivity contribution is 5.96. The monoisotopic (exact) mass is 1000 g/mol. The second kappa shape index (κ2) is 22.8. The van der Waals surface area contributed by atoms with E-state index in [-0.39, 0.29) is 61.6 Å². The Kier molecular flexibility index (Phi) is 17.0. The summed E-state index contributed by atoms with van der Waals surface area (Å²) in [5, 5.41) is 24.2. The zero-order valence-corrected chi connectivity index (χ0v) is 44.4. The number of carbonyl (C=O) groups is 7. The number of amides is 8. The molecule has 394 valence electrons. The van der Waals surface area contributed by atoms with Crippen LogP contribution in [-0.4, -0.2) is 114 Å². The molecule has 6 unspecified atom stereocenters. The summed E-state index contributed by atoms with van der Waals surface area (Å²) in [7, 11) is 3.33. The van der Waals surface area contributed by atoms with Crippen LogP contribution < -0.4 is 42.5 Å². The minimum absolute atomic E-state index is 0.0192. The molecule has 2 heterocycles. The molecule has 0 spiro atoms. The van der Waals surface area contributed by atoms with E-state index in [1.807, 2.05) is 84.0 Å². The number of fused-ring (bicyclic) bond motifs is 3. The van der Waals surface area contributed by atoms with Crippen LogP contribution in [0.25, 0.3) is 0 Å². The fourth-order valence-electron chi connectivity index (χ4n) is 10.7. The number of likely N-dealkylation sites (tertiary alicyclic amines) is 1. The van der Waals surface area contributed by atoms with E-state index in [4.69, 9.17) is 0 Å². The summed E-state index contributed by atoms with van der Waals surface area (Å²) in [6.07, 6.45) is 5.51. The first-order valence-electron chi connectivity index (χ1n) is 26.1. The van der Waals surface area contributed by atoms with Crippen molar-refractivity contribution in [2.75, 3.05) is 26.0 Å². The fraction of sp³-hybridized carbons (Fsp3) is 0.554. The van der Waals surface area contributed by atoms with Crippen LogP contribution in [0.3, 0.4) is 0 Å². The van der Waals surface area contributed by atoms with Crippen molar-refractivity contribution < 1.29 is 33.6 Å². The van der Waals surface area contributed by atoms with Crippen LogP contribution in [0.1, 0.15) is 133 Å². The highest BCUT2D eigenvalue weighted by atomic mass is 16.2. The number of rotatable bonds is 14. The van der Waals surface area contributed by atoms with E-state index in [0.717, 1.165) is 60.8 Å². The quantitative estimate of drug-likeness (QED) is 0.112. The average Bonchev–Trinajstić information content (AvgIpc) is 3.78. The maximum Gasteiger partial charge on any atom is 0.319 e. The molecule has 3 aromatic carbocycles. The lowest BCUT2D eigenvalue weighted by atomic mass is 9.83. The number of anilines is 1. The number of hydrogen-bond acceptors (Lipinski definition) is 9. The van der Waals surface area contributed by atoms with Gasteiger partial charge in [0.1, 0.15) is 24.2 Å². The van der Waals surface area contributed by atoms with Gasteiger partial charge in [0.2, 0.25) is 35.4 Å². The summed E-state index contributed by atoms with van der Waals surface area (Å²) >= 11 is 0. The van der Waals surface area contributed by atoms with Gasteiger partial charge in [-0.05, 0) is 129 Å². The number of nitrogens with zero attached hydrogens (tertiary/aromatic N) is 2. The van der Waals surface area contributed by atoms with Crippen molar-refractivity contribution in [3.8, 4) is 0 Å². The summed E-state index contributed by atoms with van der Waals surface area (Å²) in [4.78, 5) is 102. The summed E-state index contributed by atoms with van der Waals surface area (Å²) < 4.78 is 0. The van der Waals surface area contributed by atoms with Crippen LogP contribution in [0.15, 0.2) is 66.7 Å². The van der Waals surface area contributed by atoms with Gasteiger partial charge in [-0.1, -0.05) is 96.1 Å². The third-order valence-corrected chi connectivity index (χ3v) is 15.2. The van der Waals surface area contributed by atoms with E-state index in [1.165, 1.54) is 16.0 Å². The lowest BCUT2D eigenvalue weighted by Gasteiger charge is -2.42. The highest BCUT2D eigenvalue weighted by Crippen LogP contribution is 2.35. The molecule has 73 heavy (non-hydrogen) atoms. The smallest absolute Gasteiger partial charge is 0.319 e. The summed E-state index contributed by atoms with van der Waals surface area (Å²) in [5.74, 6) is -2.14. The van der Waals surface area contributed by atoms with E-state index in [1.54, 1.807) is 45.0 Å². The Hall–Kier alpha value is -6.33. The minimum atomic E-state index is -0.975. The van der Waals surface area contributed by atoms with Crippen LogP contribution in [0, 0.1) is 10.8 Å². The normalized spacial score (nSPS) is 22.2. The van der Waals surface area contributed by atoms with Gasteiger partial charge in [0, 0.05) is 25.2 Å². The molecule has 2 aliphatic carbocycles. The van der Waals surface area contributed by atoms with Crippen LogP contribution in [0.5, 0.6) is 0 Å². The van der Waals surface area contributed by atoms with Crippen molar-refractivity contribution in [2.45, 2.75) is 168 Å². The van der Waals surface area contributed by atoms with Crippen molar-refractivity contribution in [3.05, 3.63) is 100 Å². The molecule has 17 heteroatoms.